The van der Waals surface area contributed by atoms with Crippen molar-refractivity contribution in [3.63, 3.8) is 0 Å². The molecule has 10 heteroatoms. The van der Waals surface area contributed by atoms with Crippen molar-refractivity contribution in [2.24, 2.45) is 0 Å². The number of halogens is 4. The van der Waals surface area contributed by atoms with E-state index in [0.717, 1.165) is 44.1 Å². The first kappa shape index (κ1) is 26.4. The fourth-order valence-electron chi connectivity index (χ4n) is 3.41. The summed E-state index contributed by atoms with van der Waals surface area (Å²) in [4.78, 5) is 4.45. The highest BCUT2D eigenvalue weighted by Gasteiger charge is 2.21. The van der Waals surface area contributed by atoms with Crippen LogP contribution in [0, 0.1) is 0 Å². The maximum atomic E-state index is 10.4. The molecule has 32 heavy (non-hydrogen) atoms. The highest BCUT2D eigenvalue weighted by atomic mass is 79.9. The van der Waals surface area contributed by atoms with E-state index in [4.69, 9.17) is 9.47 Å². The van der Waals surface area contributed by atoms with Gasteiger partial charge in [-0.2, -0.15) is 0 Å². The van der Waals surface area contributed by atoms with Crippen molar-refractivity contribution in [1.29, 1.82) is 0 Å². The van der Waals surface area contributed by atoms with Gasteiger partial charge in [-0.25, -0.2) is 0 Å². The summed E-state index contributed by atoms with van der Waals surface area (Å²) in [5.41, 5.74) is 0. The third kappa shape index (κ3) is 8.54. The Morgan fingerprint density at radius 3 is 1.41 bits per heavy atom. The third-order valence-corrected chi connectivity index (χ3v) is 7.28. The van der Waals surface area contributed by atoms with Gasteiger partial charge in [-0.1, -0.05) is 31.9 Å². The normalized spacial score (nSPS) is 17.2. The Hall–Kier alpha value is -0.200. The van der Waals surface area contributed by atoms with E-state index in [0.29, 0.717) is 24.6 Å². The van der Waals surface area contributed by atoms with Crippen molar-refractivity contribution in [1.82, 2.24) is 9.80 Å². The van der Waals surface area contributed by atoms with Crippen molar-refractivity contribution in [3.8, 4) is 11.5 Å². The van der Waals surface area contributed by atoms with Crippen LogP contribution in [0.3, 0.4) is 0 Å². The van der Waals surface area contributed by atoms with Gasteiger partial charge in [0.1, 0.15) is 36.9 Å². The number of nitrogens with zero attached hydrogens (tertiary/aromatic N) is 2. The maximum absolute atomic E-state index is 10.4. The van der Waals surface area contributed by atoms with Gasteiger partial charge in [0.25, 0.3) is 0 Å². The second-order valence-corrected chi connectivity index (χ2v) is 11.2. The number of hydrogen-bond acceptors (Lipinski definition) is 6. The summed E-state index contributed by atoms with van der Waals surface area (Å²) in [7, 11) is 0. The quantitative estimate of drug-likeness (QED) is 0.380. The maximum Gasteiger partial charge on any atom is 0.133 e. The summed E-state index contributed by atoms with van der Waals surface area (Å²) >= 11 is 13.8. The number of benzene rings is 2. The first-order valence-electron chi connectivity index (χ1n) is 10.3. The monoisotopic (exact) mass is 698 g/mol. The Morgan fingerprint density at radius 2 is 1.06 bits per heavy atom. The summed E-state index contributed by atoms with van der Waals surface area (Å²) in [6.45, 7) is 4.95. The number of aliphatic hydroxyl groups is 2. The first-order chi connectivity index (χ1) is 15.3. The van der Waals surface area contributed by atoms with E-state index in [1.165, 1.54) is 0 Å². The molecule has 0 radical (unpaired) electrons. The van der Waals surface area contributed by atoms with Crippen LogP contribution in [-0.4, -0.2) is 84.7 Å². The van der Waals surface area contributed by atoms with E-state index >= 15 is 0 Å². The second-order valence-electron chi connectivity index (χ2n) is 7.68. The second kappa shape index (κ2) is 13.0. The molecule has 2 atom stereocenters. The molecule has 0 aliphatic carbocycles. The first-order valence-corrected chi connectivity index (χ1v) is 13.4. The molecule has 2 aromatic carbocycles. The highest BCUT2D eigenvalue weighted by Crippen LogP contribution is 2.29. The van der Waals surface area contributed by atoms with Gasteiger partial charge in [0.05, 0.1) is 8.95 Å². The molecule has 2 N–H and O–H groups in total. The van der Waals surface area contributed by atoms with E-state index in [2.05, 4.69) is 73.5 Å². The summed E-state index contributed by atoms with van der Waals surface area (Å²) in [6.07, 6.45) is -1.14. The molecule has 1 fully saturated rings. The van der Waals surface area contributed by atoms with Crippen LogP contribution in [0.1, 0.15) is 0 Å². The molecule has 0 bridgehead atoms. The zero-order chi connectivity index (χ0) is 23.1. The Balaban J connectivity index is 1.33. The van der Waals surface area contributed by atoms with Crippen molar-refractivity contribution < 1.29 is 19.7 Å². The van der Waals surface area contributed by atoms with Gasteiger partial charge < -0.3 is 19.7 Å². The van der Waals surface area contributed by atoms with Crippen LogP contribution in [0.5, 0.6) is 11.5 Å². The van der Waals surface area contributed by atoms with Crippen LogP contribution < -0.4 is 9.47 Å². The number of ether oxygens (including phenoxy) is 2. The van der Waals surface area contributed by atoms with Gasteiger partial charge in [0, 0.05) is 48.2 Å². The van der Waals surface area contributed by atoms with E-state index < -0.39 is 12.2 Å². The highest BCUT2D eigenvalue weighted by molar-refractivity contribution is 9.11. The molecule has 2 aromatic rings. The molecule has 1 aliphatic rings. The van der Waals surface area contributed by atoms with Gasteiger partial charge in [0.2, 0.25) is 0 Å². The molecule has 0 aromatic heterocycles. The van der Waals surface area contributed by atoms with Crippen LogP contribution in [0.15, 0.2) is 54.3 Å². The molecule has 1 saturated heterocycles. The van der Waals surface area contributed by atoms with Crippen molar-refractivity contribution in [2.75, 3.05) is 52.5 Å². The van der Waals surface area contributed by atoms with E-state index in [9.17, 15) is 10.2 Å². The lowest BCUT2D eigenvalue weighted by Crippen LogP contribution is -2.51. The average molecular weight is 702 g/mol. The Bertz CT molecular complexity index is 810. The molecule has 1 heterocycles. The van der Waals surface area contributed by atoms with Gasteiger partial charge >= 0.3 is 0 Å². The lowest BCUT2D eigenvalue weighted by Gasteiger charge is -2.36. The van der Waals surface area contributed by atoms with Crippen LogP contribution in [0.4, 0.5) is 0 Å². The third-order valence-electron chi connectivity index (χ3n) is 5.05. The summed E-state index contributed by atoms with van der Waals surface area (Å²) < 4.78 is 15.1. The fourth-order valence-corrected chi connectivity index (χ4v) is 5.74. The van der Waals surface area contributed by atoms with Crippen LogP contribution in [0.2, 0.25) is 0 Å². The zero-order valence-corrected chi connectivity index (χ0v) is 23.7. The summed E-state index contributed by atoms with van der Waals surface area (Å²) in [6, 6.07) is 11.4. The molecule has 0 amide bonds. The minimum absolute atomic E-state index is 0.238. The summed E-state index contributed by atoms with van der Waals surface area (Å²) in [5.74, 6) is 1.42. The van der Waals surface area contributed by atoms with Crippen LogP contribution in [0.25, 0.3) is 0 Å². The van der Waals surface area contributed by atoms with Gasteiger partial charge in [-0.3, -0.25) is 9.80 Å². The van der Waals surface area contributed by atoms with Crippen molar-refractivity contribution >= 4 is 63.7 Å². The Morgan fingerprint density at radius 1 is 0.688 bits per heavy atom. The number of aliphatic hydroxyl groups excluding tert-OH is 2. The van der Waals surface area contributed by atoms with Gasteiger partial charge in [0.15, 0.2) is 0 Å². The van der Waals surface area contributed by atoms with Crippen molar-refractivity contribution in [3.05, 3.63) is 54.3 Å². The van der Waals surface area contributed by atoms with Crippen LogP contribution >= 0.6 is 63.7 Å². The predicted octanol–water partition coefficient (Wildman–Crippen LogP) is 4.53. The topological polar surface area (TPSA) is 65.4 Å². The van der Waals surface area contributed by atoms with Crippen molar-refractivity contribution in [2.45, 2.75) is 12.2 Å². The molecule has 6 nitrogen and oxygen atoms in total. The average Bonchev–Trinajstić information content (AvgIpc) is 2.74. The van der Waals surface area contributed by atoms with E-state index in [1.807, 2.05) is 36.4 Å². The fraction of sp³-hybridized carbons (Fsp3) is 0.455. The van der Waals surface area contributed by atoms with E-state index in [-0.39, 0.29) is 13.2 Å². The Labute approximate surface area is 222 Å². The van der Waals surface area contributed by atoms with Gasteiger partial charge in [-0.05, 0) is 68.3 Å². The molecule has 176 valence electrons. The lowest BCUT2D eigenvalue weighted by molar-refractivity contribution is 0.0239. The molecular weight excluding hydrogens is 676 g/mol. The molecule has 0 saturated carbocycles. The van der Waals surface area contributed by atoms with E-state index in [1.54, 1.807) is 0 Å². The van der Waals surface area contributed by atoms with Gasteiger partial charge in [-0.15, -0.1) is 0 Å². The lowest BCUT2D eigenvalue weighted by atomic mass is 10.2. The molecule has 3 rings (SSSR count). The molecule has 0 unspecified atom stereocenters. The predicted molar refractivity (Wildman–Crippen MR) is 140 cm³/mol. The molecule has 0 spiro atoms. The number of rotatable bonds is 10. The standard InChI is InChI=1S/C22H26Br4N2O4/c23-15-1-3-21(19(25)9-15)31-13-17(29)11-27-5-7-28(8-6-27)12-18(30)14-32-22-4-2-16(24)10-20(22)26/h1-4,9-10,17-18,29-30H,5-8,11-14H2/t17-,18-/m1/s1. The smallest absolute Gasteiger partial charge is 0.133 e. The largest absolute Gasteiger partial charge is 0.490 e. The number of hydrogen-bond donors (Lipinski definition) is 2. The summed E-state index contributed by atoms with van der Waals surface area (Å²) in [5, 5.41) is 20.7. The minimum atomic E-state index is -0.569. The number of β-amino-alcohol motifs (C(OH)–C–C–N with tert-alkyl or cyclic N) is 2. The molecular formula is C22H26Br4N2O4. The Kier molecular flexibility index (Phi) is 10.8. The van der Waals surface area contributed by atoms with Crippen LogP contribution in [-0.2, 0) is 0 Å². The zero-order valence-electron chi connectivity index (χ0n) is 17.4. The SMILES string of the molecule is O[C@@H](COc1ccc(Br)cc1Br)CN1CCN(C[C@@H](O)COc2ccc(Br)cc2Br)CC1. The molecule has 1 aliphatic heterocycles. The minimum Gasteiger partial charge on any atom is -0.490 e. The number of piperazine rings is 1.